The molecular weight excluding hydrogens is 358 g/mol. The van der Waals surface area contributed by atoms with Crippen LogP contribution in [0, 0.1) is 6.92 Å². The largest absolute Gasteiger partial charge is 0.497 e. The number of carbonyl (C=O) groups excluding carboxylic acids is 1. The van der Waals surface area contributed by atoms with E-state index in [2.05, 4.69) is 15.5 Å². The van der Waals surface area contributed by atoms with Crippen LogP contribution >= 0.6 is 0 Å². The molecule has 1 amide bonds. The van der Waals surface area contributed by atoms with Crippen LogP contribution < -0.4 is 14.8 Å². The summed E-state index contributed by atoms with van der Waals surface area (Å²) < 4.78 is 16.1. The Hall–Kier alpha value is -3.35. The minimum Gasteiger partial charge on any atom is -0.497 e. The van der Waals surface area contributed by atoms with Crippen LogP contribution in [-0.4, -0.2) is 29.3 Å². The number of hydrogen-bond acceptors (Lipinski definition) is 6. The van der Waals surface area contributed by atoms with Gasteiger partial charge in [-0.25, -0.2) is 0 Å². The zero-order valence-electron chi connectivity index (χ0n) is 16.1. The normalized spacial score (nSPS) is 11.7. The minimum absolute atomic E-state index is 0.139. The molecule has 7 heteroatoms. The Labute approximate surface area is 163 Å². The van der Waals surface area contributed by atoms with Gasteiger partial charge in [0.1, 0.15) is 11.5 Å². The fraction of sp³-hybridized carbons (Fsp3) is 0.286. The Balaban J connectivity index is 1.56. The Morgan fingerprint density at radius 3 is 2.43 bits per heavy atom. The van der Waals surface area contributed by atoms with E-state index in [9.17, 15) is 4.79 Å². The van der Waals surface area contributed by atoms with Crippen LogP contribution in [0.5, 0.6) is 11.5 Å². The third-order valence-corrected chi connectivity index (χ3v) is 4.19. The molecule has 146 valence electrons. The first-order valence-corrected chi connectivity index (χ1v) is 9.07. The Kier molecular flexibility index (Phi) is 6.26. The number of benzene rings is 2. The van der Waals surface area contributed by atoms with Gasteiger partial charge in [-0.15, -0.1) is 0 Å². The number of nitrogens with zero attached hydrogens (tertiary/aromatic N) is 2. The summed E-state index contributed by atoms with van der Waals surface area (Å²) in [5, 5.41) is 6.74. The molecule has 0 aliphatic carbocycles. The Bertz CT molecular complexity index is 904. The summed E-state index contributed by atoms with van der Waals surface area (Å²) >= 11 is 0. The molecule has 0 saturated heterocycles. The number of amides is 1. The van der Waals surface area contributed by atoms with Gasteiger partial charge in [-0.3, -0.25) is 4.79 Å². The summed E-state index contributed by atoms with van der Waals surface area (Å²) in [6.07, 6.45) is -0.0936. The molecule has 7 nitrogen and oxygen atoms in total. The molecule has 0 radical (unpaired) electrons. The van der Waals surface area contributed by atoms with E-state index in [4.69, 9.17) is 14.0 Å². The molecule has 0 bridgehead atoms. The highest BCUT2D eigenvalue weighted by Gasteiger charge is 2.19. The average molecular weight is 381 g/mol. The fourth-order valence-electron chi connectivity index (χ4n) is 2.56. The number of ether oxygens (including phenoxy) is 2. The molecule has 1 heterocycles. The van der Waals surface area contributed by atoms with Crippen LogP contribution in [0.1, 0.15) is 24.8 Å². The lowest BCUT2D eigenvalue weighted by Gasteiger charge is -2.16. The van der Waals surface area contributed by atoms with Crippen LogP contribution in [-0.2, 0) is 11.3 Å². The van der Waals surface area contributed by atoms with Crippen molar-refractivity contribution in [3.8, 4) is 22.9 Å². The van der Waals surface area contributed by atoms with Crippen molar-refractivity contribution in [2.24, 2.45) is 0 Å². The Morgan fingerprint density at radius 2 is 1.79 bits per heavy atom. The molecule has 0 saturated carbocycles. The summed E-state index contributed by atoms with van der Waals surface area (Å²) in [6.45, 7) is 4.04. The summed E-state index contributed by atoms with van der Waals surface area (Å²) in [5.41, 5.74) is 2.02. The highest BCUT2D eigenvalue weighted by atomic mass is 16.5. The van der Waals surface area contributed by atoms with Crippen molar-refractivity contribution in [1.82, 2.24) is 15.5 Å². The second kappa shape index (κ2) is 9.03. The summed E-state index contributed by atoms with van der Waals surface area (Å²) in [7, 11) is 1.60. The van der Waals surface area contributed by atoms with Crippen LogP contribution in [0.15, 0.2) is 53.1 Å². The number of hydrogen-bond donors (Lipinski definition) is 1. The molecule has 1 atom stereocenters. The standard InChI is InChI=1S/C21H23N3O4/c1-4-18(27-17-11-9-16(26-3)10-12-17)21(25)22-13-19-23-20(24-28-19)15-7-5-14(2)6-8-15/h5-12,18H,4,13H2,1-3H3,(H,22,25)/t18-/m1/s1. The second-order valence-corrected chi connectivity index (χ2v) is 6.29. The molecule has 0 spiro atoms. The Morgan fingerprint density at radius 1 is 1.11 bits per heavy atom. The van der Waals surface area contributed by atoms with Crippen LogP contribution in [0.4, 0.5) is 0 Å². The van der Waals surface area contributed by atoms with Crippen LogP contribution in [0.25, 0.3) is 11.4 Å². The van der Waals surface area contributed by atoms with Crippen LogP contribution in [0.3, 0.4) is 0 Å². The molecule has 1 aromatic heterocycles. The number of methoxy groups -OCH3 is 1. The molecule has 3 aromatic rings. The van der Waals surface area contributed by atoms with E-state index >= 15 is 0 Å². The van der Waals surface area contributed by atoms with Gasteiger partial charge >= 0.3 is 0 Å². The summed E-state index contributed by atoms with van der Waals surface area (Å²) in [5.74, 6) is 1.91. The molecule has 28 heavy (non-hydrogen) atoms. The first-order valence-electron chi connectivity index (χ1n) is 9.07. The first kappa shape index (κ1) is 19.4. The maximum absolute atomic E-state index is 12.4. The lowest BCUT2D eigenvalue weighted by molar-refractivity contribution is -0.128. The van der Waals surface area contributed by atoms with Crippen molar-refractivity contribution in [2.75, 3.05) is 7.11 Å². The number of aromatic nitrogens is 2. The van der Waals surface area contributed by atoms with Crippen LogP contribution in [0.2, 0.25) is 0 Å². The van der Waals surface area contributed by atoms with E-state index in [-0.39, 0.29) is 12.5 Å². The number of rotatable bonds is 8. The van der Waals surface area contributed by atoms with Crippen molar-refractivity contribution in [1.29, 1.82) is 0 Å². The monoisotopic (exact) mass is 381 g/mol. The van der Waals surface area contributed by atoms with Crippen molar-refractivity contribution in [3.63, 3.8) is 0 Å². The fourth-order valence-corrected chi connectivity index (χ4v) is 2.56. The molecule has 3 rings (SSSR count). The van der Waals surface area contributed by atoms with Gasteiger partial charge in [-0.2, -0.15) is 4.98 Å². The van der Waals surface area contributed by atoms with Gasteiger partial charge in [-0.1, -0.05) is 41.9 Å². The van der Waals surface area contributed by atoms with E-state index in [1.165, 1.54) is 0 Å². The van der Waals surface area contributed by atoms with Crippen molar-refractivity contribution in [2.45, 2.75) is 32.9 Å². The van der Waals surface area contributed by atoms with Gasteiger partial charge in [0, 0.05) is 5.56 Å². The highest BCUT2D eigenvalue weighted by molar-refractivity contribution is 5.81. The molecule has 0 aliphatic rings. The molecule has 2 aromatic carbocycles. The first-order chi connectivity index (χ1) is 13.6. The van der Waals surface area contributed by atoms with E-state index in [1.807, 2.05) is 38.1 Å². The third-order valence-electron chi connectivity index (χ3n) is 4.19. The van der Waals surface area contributed by atoms with Gasteiger partial charge in [-0.05, 0) is 37.6 Å². The smallest absolute Gasteiger partial charge is 0.261 e. The van der Waals surface area contributed by atoms with E-state index < -0.39 is 6.10 Å². The van der Waals surface area contributed by atoms with E-state index in [0.717, 1.165) is 16.9 Å². The van der Waals surface area contributed by atoms with Gasteiger partial charge in [0.15, 0.2) is 6.10 Å². The minimum atomic E-state index is -0.618. The summed E-state index contributed by atoms with van der Waals surface area (Å²) in [6, 6.07) is 14.9. The molecule has 0 unspecified atom stereocenters. The zero-order valence-corrected chi connectivity index (χ0v) is 16.1. The SMILES string of the molecule is CC[C@@H](Oc1ccc(OC)cc1)C(=O)NCc1nc(-c2ccc(C)cc2)no1. The predicted molar refractivity (Wildman–Crippen MR) is 104 cm³/mol. The van der Waals surface area contributed by atoms with Crippen molar-refractivity contribution >= 4 is 5.91 Å². The van der Waals surface area contributed by atoms with E-state index in [1.54, 1.807) is 31.4 Å². The van der Waals surface area contributed by atoms with Crippen molar-refractivity contribution < 1.29 is 18.8 Å². The maximum atomic E-state index is 12.4. The molecule has 0 aliphatic heterocycles. The average Bonchev–Trinajstić information content (AvgIpc) is 3.20. The second-order valence-electron chi connectivity index (χ2n) is 6.29. The predicted octanol–water partition coefficient (Wildman–Crippen LogP) is 3.53. The number of nitrogens with one attached hydrogen (secondary N) is 1. The third kappa shape index (κ3) is 4.88. The lowest BCUT2D eigenvalue weighted by atomic mass is 10.1. The quantitative estimate of drug-likeness (QED) is 0.642. The molecular formula is C21H23N3O4. The topological polar surface area (TPSA) is 86.5 Å². The number of carbonyl (C=O) groups is 1. The van der Waals surface area contributed by atoms with Gasteiger partial charge in [0.2, 0.25) is 11.7 Å². The summed E-state index contributed by atoms with van der Waals surface area (Å²) in [4.78, 5) is 16.8. The van der Waals surface area contributed by atoms with Gasteiger partial charge < -0.3 is 19.3 Å². The zero-order chi connectivity index (χ0) is 19.9. The lowest BCUT2D eigenvalue weighted by Crippen LogP contribution is -2.37. The van der Waals surface area contributed by atoms with Gasteiger partial charge in [0.25, 0.3) is 5.91 Å². The van der Waals surface area contributed by atoms with Gasteiger partial charge in [0.05, 0.1) is 13.7 Å². The highest BCUT2D eigenvalue weighted by Crippen LogP contribution is 2.19. The maximum Gasteiger partial charge on any atom is 0.261 e. The van der Waals surface area contributed by atoms with Crippen molar-refractivity contribution in [3.05, 3.63) is 60.0 Å². The molecule has 1 N–H and O–H groups in total. The molecule has 0 fully saturated rings. The number of aryl methyl sites for hydroxylation is 1. The van der Waals surface area contributed by atoms with E-state index in [0.29, 0.717) is 23.9 Å².